The summed E-state index contributed by atoms with van der Waals surface area (Å²) in [7, 11) is 0. The first kappa shape index (κ1) is 60.9. The third-order valence-corrected chi connectivity index (χ3v) is 13.4. The summed E-state index contributed by atoms with van der Waals surface area (Å²) in [5.41, 5.74) is 0. The number of aliphatic hydroxyl groups is 2. The Morgan fingerprint density at radius 3 is 0.984 bits per heavy atom. The van der Waals surface area contributed by atoms with Crippen molar-refractivity contribution in [3.05, 3.63) is 0 Å². The number of aliphatic hydroxyl groups excluding tert-OH is 2. The molecular formula is C56H111NO5. The maximum atomic E-state index is 12.5. The molecule has 0 aliphatic rings. The lowest BCUT2D eigenvalue weighted by molar-refractivity contribution is -0.143. The van der Waals surface area contributed by atoms with Crippen LogP contribution in [-0.4, -0.2) is 47.4 Å². The van der Waals surface area contributed by atoms with E-state index < -0.39 is 12.1 Å². The summed E-state index contributed by atoms with van der Waals surface area (Å²) >= 11 is 0. The third kappa shape index (κ3) is 48.3. The van der Waals surface area contributed by atoms with E-state index in [1.54, 1.807) is 0 Å². The van der Waals surface area contributed by atoms with E-state index >= 15 is 0 Å². The topological polar surface area (TPSA) is 95.9 Å². The molecule has 0 bridgehead atoms. The third-order valence-electron chi connectivity index (χ3n) is 13.4. The number of ether oxygens (including phenoxy) is 1. The summed E-state index contributed by atoms with van der Waals surface area (Å²) in [5, 5.41) is 23.3. The molecule has 1 amide bonds. The number of carbonyl (C=O) groups is 2. The summed E-state index contributed by atoms with van der Waals surface area (Å²) in [6.45, 7) is 4.96. The Kier molecular flexibility index (Phi) is 51.5. The zero-order valence-electron chi connectivity index (χ0n) is 42.1. The van der Waals surface area contributed by atoms with E-state index in [-0.39, 0.29) is 18.5 Å². The summed E-state index contributed by atoms with van der Waals surface area (Å²) in [5.74, 6) is -0.0337. The number of hydrogen-bond donors (Lipinski definition) is 3. The predicted molar refractivity (Wildman–Crippen MR) is 269 cm³/mol. The standard InChI is InChI=1S/C56H111NO5/c1-3-5-7-9-11-13-15-17-18-19-22-25-28-32-36-40-44-48-54(59)53(52-58)57-55(60)49-45-41-37-33-29-26-23-20-21-24-27-31-35-39-43-47-51-62-56(61)50-46-42-38-34-30-16-14-12-10-8-6-4-2/h53-54,58-59H,3-52H2,1-2H3,(H,57,60). The van der Waals surface area contributed by atoms with Gasteiger partial charge in [-0.15, -0.1) is 0 Å². The highest BCUT2D eigenvalue weighted by atomic mass is 16.5. The highest BCUT2D eigenvalue weighted by Crippen LogP contribution is 2.18. The van der Waals surface area contributed by atoms with Crippen LogP contribution in [0.5, 0.6) is 0 Å². The van der Waals surface area contributed by atoms with Crippen LogP contribution in [0.3, 0.4) is 0 Å². The smallest absolute Gasteiger partial charge is 0.305 e. The highest BCUT2D eigenvalue weighted by molar-refractivity contribution is 5.76. The fraction of sp³-hybridized carbons (Fsp3) is 0.964. The number of rotatable bonds is 53. The Bertz CT molecular complexity index is 882. The second-order valence-electron chi connectivity index (χ2n) is 19.6. The molecule has 0 aliphatic carbocycles. The lowest BCUT2D eigenvalue weighted by Crippen LogP contribution is -2.45. The first-order chi connectivity index (χ1) is 30.5. The molecule has 0 aromatic rings. The Balaban J connectivity index is 3.42. The van der Waals surface area contributed by atoms with Gasteiger partial charge in [-0.1, -0.05) is 284 Å². The second kappa shape index (κ2) is 52.5. The molecule has 0 rings (SSSR count). The Hall–Kier alpha value is -1.14. The highest BCUT2D eigenvalue weighted by Gasteiger charge is 2.20. The molecule has 0 radical (unpaired) electrons. The molecule has 0 saturated carbocycles. The molecule has 0 spiro atoms. The molecule has 0 aliphatic heterocycles. The second-order valence-corrected chi connectivity index (χ2v) is 19.6. The summed E-state index contributed by atoms with van der Waals surface area (Å²) < 4.78 is 5.46. The van der Waals surface area contributed by atoms with Crippen LogP contribution in [-0.2, 0) is 14.3 Å². The van der Waals surface area contributed by atoms with E-state index in [9.17, 15) is 19.8 Å². The van der Waals surface area contributed by atoms with Gasteiger partial charge in [0.1, 0.15) is 0 Å². The first-order valence-electron chi connectivity index (χ1n) is 28.3. The summed E-state index contributed by atoms with van der Waals surface area (Å²) in [4.78, 5) is 24.5. The van der Waals surface area contributed by atoms with Crippen LogP contribution < -0.4 is 5.32 Å². The largest absolute Gasteiger partial charge is 0.466 e. The molecule has 0 heterocycles. The molecule has 6 nitrogen and oxygen atoms in total. The van der Waals surface area contributed by atoms with E-state index in [1.807, 2.05) is 0 Å². The fourth-order valence-corrected chi connectivity index (χ4v) is 9.05. The van der Waals surface area contributed by atoms with Crippen molar-refractivity contribution in [2.24, 2.45) is 0 Å². The number of nitrogens with one attached hydrogen (secondary N) is 1. The monoisotopic (exact) mass is 878 g/mol. The first-order valence-corrected chi connectivity index (χ1v) is 28.3. The van der Waals surface area contributed by atoms with E-state index in [2.05, 4.69) is 19.2 Å². The molecule has 3 N–H and O–H groups in total. The van der Waals surface area contributed by atoms with Crippen molar-refractivity contribution in [3.63, 3.8) is 0 Å². The van der Waals surface area contributed by atoms with Gasteiger partial charge in [0, 0.05) is 12.8 Å². The van der Waals surface area contributed by atoms with Crippen LogP contribution in [0.1, 0.15) is 322 Å². The normalized spacial score (nSPS) is 12.5. The lowest BCUT2D eigenvalue weighted by atomic mass is 10.0. The van der Waals surface area contributed by atoms with Gasteiger partial charge >= 0.3 is 5.97 Å². The van der Waals surface area contributed by atoms with Crippen molar-refractivity contribution in [1.29, 1.82) is 0 Å². The minimum Gasteiger partial charge on any atom is -0.466 e. The fourth-order valence-electron chi connectivity index (χ4n) is 9.05. The predicted octanol–water partition coefficient (Wildman–Crippen LogP) is 17.1. The van der Waals surface area contributed by atoms with Gasteiger partial charge in [0.2, 0.25) is 5.91 Å². The quantitative estimate of drug-likeness (QED) is 0.0418. The van der Waals surface area contributed by atoms with Crippen LogP contribution in [0.15, 0.2) is 0 Å². The van der Waals surface area contributed by atoms with Crippen molar-refractivity contribution >= 4 is 11.9 Å². The van der Waals surface area contributed by atoms with Crippen LogP contribution in [0.2, 0.25) is 0 Å². The van der Waals surface area contributed by atoms with Crippen molar-refractivity contribution in [3.8, 4) is 0 Å². The van der Waals surface area contributed by atoms with E-state index in [4.69, 9.17) is 4.74 Å². The lowest BCUT2D eigenvalue weighted by Gasteiger charge is -2.22. The van der Waals surface area contributed by atoms with Gasteiger partial charge in [0.15, 0.2) is 0 Å². The van der Waals surface area contributed by atoms with Crippen LogP contribution in [0.4, 0.5) is 0 Å². The summed E-state index contributed by atoms with van der Waals surface area (Å²) in [6, 6.07) is -0.545. The zero-order valence-corrected chi connectivity index (χ0v) is 42.1. The molecule has 370 valence electrons. The van der Waals surface area contributed by atoms with Crippen molar-refractivity contribution < 1.29 is 24.5 Å². The molecule has 2 atom stereocenters. The Morgan fingerprint density at radius 1 is 0.387 bits per heavy atom. The van der Waals surface area contributed by atoms with Crippen LogP contribution in [0.25, 0.3) is 0 Å². The van der Waals surface area contributed by atoms with Crippen LogP contribution in [0, 0.1) is 0 Å². The van der Waals surface area contributed by atoms with Crippen molar-refractivity contribution in [2.75, 3.05) is 13.2 Å². The van der Waals surface area contributed by atoms with Gasteiger partial charge < -0.3 is 20.3 Å². The number of amides is 1. The molecule has 0 aromatic carbocycles. The van der Waals surface area contributed by atoms with Gasteiger partial charge in [-0.05, 0) is 25.7 Å². The minimum absolute atomic E-state index is 0.00480. The van der Waals surface area contributed by atoms with Gasteiger partial charge in [0.25, 0.3) is 0 Å². The number of unbranched alkanes of at least 4 members (excludes halogenated alkanes) is 42. The van der Waals surface area contributed by atoms with Crippen LogP contribution >= 0.6 is 0 Å². The maximum absolute atomic E-state index is 12.5. The van der Waals surface area contributed by atoms with Gasteiger partial charge in [-0.2, -0.15) is 0 Å². The van der Waals surface area contributed by atoms with Crippen molar-refractivity contribution in [1.82, 2.24) is 5.32 Å². The molecule has 2 unspecified atom stereocenters. The molecular weight excluding hydrogens is 767 g/mol. The van der Waals surface area contributed by atoms with Crippen molar-refractivity contribution in [2.45, 2.75) is 334 Å². The average molecular weight is 879 g/mol. The minimum atomic E-state index is -0.667. The Morgan fingerprint density at radius 2 is 0.661 bits per heavy atom. The van der Waals surface area contributed by atoms with E-state index in [0.717, 1.165) is 44.9 Å². The molecule has 6 heteroatoms. The summed E-state index contributed by atoms with van der Waals surface area (Å²) in [6.07, 6.45) is 59.4. The zero-order chi connectivity index (χ0) is 45.1. The maximum Gasteiger partial charge on any atom is 0.305 e. The Labute approximate surface area is 387 Å². The van der Waals surface area contributed by atoms with E-state index in [0.29, 0.717) is 25.9 Å². The molecule has 0 fully saturated rings. The molecule has 0 saturated heterocycles. The SMILES string of the molecule is CCCCCCCCCCCCCCCCCCCC(O)C(CO)NC(=O)CCCCCCCCCCCCCCCCCCOC(=O)CCCCCCCCCCCCCC. The number of esters is 1. The number of carbonyl (C=O) groups excluding carboxylic acids is 2. The molecule has 0 aromatic heterocycles. The van der Waals surface area contributed by atoms with Gasteiger partial charge in [0.05, 0.1) is 25.4 Å². The average Bonchev–Trinajstić information content (AvgIpc) is 3.27. The van der Waals surface area contributed by atoms with Gasteiger partial charge in [-0.3, -0.25) is 9.59 Å². The van der Waals surface area contributed by atoms with Gasteiger partial charge in [-0.25, -0.2) is 0 Å². The number of hydrogen-bond acceptors (Lipinski definition) is 5. The van der Waals surface area contributed by atoms with E-state index in [1.165, 1.54) is 244 Å². The molecule has 62 heavy (non-hydrogen) atoms.